The van der Waals surface area contributed by atoms with Gasteiger partial charge in [-0.25, -0.2) is 4.98 Å². The minimum Gasteiger partial charge on any atom is -0.489 e. The predicted molar refractivity (Wildman–Crippen MR) is 80.2 cm³/mol. The molecule has 0 spiro atoms. The lowest BCUT2D eigenvalue weighted by Crippen LogP contribution is -2.38. The van der Waals surface area contributed by atoms with Crippen LogP contribution in [-0.4, -0.2) is 24.0 Å². The average Bonchev–Trinajstić information content (AvgIpc) is 2.83. The maximum atomic E-state index is 13.1. The first kappa shape index (κ1) is 15.8. The molecule has 0 saturated heterocycles. The van der Waals surface area contributed by atoms with Gasteiger partial charge in [-0.2, -0.15) is 13.2 Å². The molecule has 0 aliphatic carbocycles. The van der Waals surface area contributed by atoms with Gasteiger partial charge in [-0.3, -0.25) is 4.79 Å². The minimum atomic E-state index is -4.53. The Morgan fingerprint density at radius 2 is 2.09 bits per heavy atom. The molecule has 0 N–H and O–H groups in total. The molecule has 8 heteroatoms. The summed E-state index contributed by atoms with van der Waals surface area (Å²) in [7, 11) is 0. The number of alkyl halides is 3. The molecule has 1 aliphatic rings. The Morgan fingerprint density at radius 3 is 2.70 bits per heavy atom. The van der Waals surface area contributed by atoms with E-state index in [2.05, 4.69) is 4.98 Å². The van der Waals surface area contributed by atoms with E-state index in [0.29, 0.717) is 10.6 Å². The number of halogens is 3. The number of amides is 1. The first-order valence-corrected chi connectivity index (χ1v) is 7.69. The number of fused-ring (bicyclic) bond motifs is 1. The van der Waals surface area contributed by atoms with Gasteiger partial charge in [0.05, 0.1) is 28.5 Å². The van der Waals surface area contributed by atoms with Gasteiger partial charge in [0.25, 0.3) is 5.91 Å². The Kier molecular flexibility index (Phi) is 3.79. The van der Waals surface area contributed by atoms with Gasteiger partial charge in [-0.1, -0.05) is 6.07 Å². The standard InChI is InChI=1S/C15H13F3N2O2S/c1-8-13(23-9(2)19-8)14(21)20-6-7-22-12-10(15(16,17)18)4-3-5-11(12)20/h3-5H,6-7H2,1-2H3. The fourth-order valence-corrected chi connectivity index (χ4v) is 3.40. The molecular formula is C15H13F3N2O2S. The van der Waals surface area contributed by atoms with Crippen LogP contribution in [0.2, 0.25) is 0 Å². The monoisotopic (exact) mass is 342 g/mol. The summed E-state index contributed by atoms with van der Waals surface area (Å²) in [4.78, 5) is 18.7. The SMILES string of the molecule is Cc1nc(C)c(C(=O)N2CCOc3c2cccc3C(F)(F)F)s1. The molecule has 3 rings (SSSR count). The second-order valence-electron chi connectivity index (χ2n) is 5.10. The van der Waals surface area contributed by atoms with Crippen LogP contribution in [0.1, 0.15) is 25.9 Å². The predicted octanol–water partition coefficient (Wildman–Crippen LogP) is 3.82. The second-order valence-corrected chi connectivity index (χ2v) is 6.31. The van der Waals surface area contributed by atoms with Gasteiger partial charge in [-0.05, 0) is 26.0 Å². The summed E-state index contributed by atoms with van der Waals surface area (Å²) in [6, 6.07) is 3.70. The summed E-state index contributed by atoms with van der Waals surface area (Å²) >= 11 is 1.24. The molecule has 2 heterocycles. The van der Waals surface area contributed by atoms with Crippen molar-refractivity contribution in [1.29, 1.82) is 0 Å². The van der Waals surface area contributed by atoms with Gasteiger partial charge in [0.1, 0.15) is 11.5 Å². The van der Waals surface area contributed by atoms with Gasteiger partial charge in [-0.15, -0.1) is 11.3 Å². The molecule has 0 bridgehead atoms. The number of ether oxygens (including phenoxy) is 1. The van der Waals surface area contributed by atoms with Crippen molar-refractivity contribution in [2.75, 3.05) is 18.1 Å². The Balaban J connectivity index is 2.06. The first-order valence-electron chi connectivity index (χ1n) is 6.88. The molecule has 1 aromatic heterocycles. The maximum absolute atomic E-state index is 13.1. The number of nitrogens with zero attached hydrogens (tertiary/aromatic N) is 2. The number of hydrogen-bond acceptors (Lipinski definition) is 4. The number of aryl methyl sites for hydroxylation is 2. The average molecular weight is 342 g/mol. The number of carbonyl (C=O) groups excluding carboxylic acids is 1. The molecule has 1 aromatic carbocycles. The Hall–Kier alpha value is -2.09. The van der Waals surface area contributed by atoms with E-state index >= 15 is 0 Å². The van der Waals surface area contributed by atoms with Crippen LogP contribution in [0, 0.1) is 13.8 Å². The highest BCUT2D eigenvalue weighted by molar-refractivity contribution is 7.13. The molecule has 0 radical (unpaired) electrons. The van der Waals surface area contributed by atoms with Crippen molar-refractivity contribution >= 4 is 22.9 Å². The van der Waals surface area contributed by atoms with Gasteiger partial charge >= 0.3 is 6.18 Å². The molecular weight excluding hydrogens is 329 g/mol. The number of thiazole rings is 1. The topological polar surface area (TPSA) is 42.4 Å². The number of hydrogen-bond donors (Lipinski definition) is 0. The maximum Gasteiger partial charge on any atom is 0.420 e. The van der Waals surface area contributed by atoms with Gasteiger partial charge < -0.3 is 9.64 Å². The first-order chi connectivity index (χ1) is 10.8. The van der Waals surface area contributed by atoms with Crippen molar-refractivity contribution in [3.05, 3.63) is 39.3 Å². The van der Waals surface area contributed by atoms with E-state index in [-0.39, 0.29) is 30.5 Å². The van der Waals surface area contributed by atoms with Crippen molar-refractivity contribution in [3.8, 4) is 5.75 Å². The fourth-order valence-electron chi connectivity index (χ4n) is 2.53. The fraction of sp³-hybridized carbons (Fsp3) is 0.333. The molecule has 23 heavy (non-hydrogen) atoms. The molecule has 0 fully saturated rings. The molecule has 0 saturated carbocycles. The summed E-state index contributed by atoms with van der Waals surface area (Å²) < 4.78 is 44.5. The molecule has 4 nitrogen and oxygen atoms in total. The number of carbonyl (C=O) groups is 1. The lowest BCUT2D eigenvalue weighted by atomic mass is 10.1. The normalized spacial score (nSPS) is 14.4. The van der Waals surface area contributed by atoms with E-state index < -0.39 is 11.7 Å². The van der Waals surface area contributed by atoms with Crippen LogP contribution in [0.25, 0.3) is 0 Å². The van der Waals surface area contributed by atoms with Crippen LogP contribution >= 0.6 is 11.3 Å². The van der Waals surface area contributed by atoms with Crippen LogP contribution in [0.15, 0.2) is 18.2 Å². The molecule has 2 aromatic rings. The lowest BCUT2D eigenvalue weighted by molar-refractivity contribution is -0.139. The third-order valence-corrected chi connectivity index (χ3v) is 4.56. The lowest BCUT2D eigenvalue weighted by Gasteiger charge is -2.31. The summed E-state index contributed by atoms with van der Waals surface area (Å²) in [5, 5.41) is 0.739. The molecule has 0 atom stereocenters. The Morgan fingerprint density at radius 1 is 1.35 bits per heavy atom. The van der Waals surface area contributed by atoms with Crippen molar-refractivity contribution < 1.29 is 22.7 Å². The summed E-state index contributed by atoms with van der Waals surface area (Å²) in [6.07, 6.45) is -4.53. The van der Waals surface area contributed by atoms with Crippen LogP contribution < -0.4 is 9.64 Å². The van der Waals surface area contributed by atoms with Crippen LogP contribution in [0.5, 0.6) is 5.75 Å². The summed E-state index contributed by atoms with van der Waals surface area (Å²) in [5.74, 6) is -0.643. The number of benzene rings is 1. The van der Waals surface area contributed by atoms with Gasteiger partial charge in [0, 0.05) is 0 Å². The van der Waals surface area contributed by atoms with Crippen LogP contribution in [0.3, 0.4) is 0 Å². The summed E-state index contributed by atoms with van der Waals surface area (Å²) in [6.45, 7) is 3.71. The molecule has 1 amide bonds. The highest BCUT2D eigenvalue weighted by atomic mass is 32.1. The zero-order chi connectivity index (χ0) is 16.8. The third kappa shape index (κ3) is 2.78. The van der Waals surface area contributed by atoms with Gasteiger partial charge in [0.2, 0.25) is 0 Å². The summed E-state index contributed by atoms with van der Waals surface area (Å²) in [5.41, 5.74) is -0.149. The zero-order valence-electron chi connectivity index (χ0n) is 12.4. The van der Waals surface area contributed by atoms with Crippen molar-refractivity contribution in [2.24, 2.45) is 0 Å². The smallest absolute Gasteiger partial charge is 0.420 e. The van der Waals surface area contributed by atoms with E-state index in [1.165, 1.54) is 28.4 Å². The second kappa shape index (κ2) is 5.52. The quantitative estimate of drug-likeness (QED) is 0.791. The molecule has 0 unspecified atom stereocenters. The van der Waals surface area contributed by atoms with Crippen molar-refractivity contribution in [1.82, 2.24) is 4.98 Å². The zero-order valence-corrected chi connectivity index (χ0v) is 13.2. The van der Waals surface area contributed by atoms with Crippen LogP contribution in [0.4, 0.5) is 18.9 Å². The number of rotatable bonds is 1. The number of anilines is 1. The highest BCUT2D eigenvalue weighted by Crippen LogP contribution is 2.43. The highest BCUT2D eigenvalue weighted by Gasteiger charge is 2.38. The van der Waals surface area contributed by atoms with E-state index in [4.69, 9.17) is 4.74 Å². The van der Waals surface area contributed by atoms with E-state index in [1.54, 1.807) is 13.8 Å². The van der Waals surface area contributed by atoms with E-state index in [1.807, 2.05) is 0 Å². The Labute approximate surface area is 134 Å². The number of aromatic nitrogens is 1. The van der Waals surface area contributed by atoms with Crippen molar-refractivity contribution in [2.45, 2.75) is 20.0 Å². The molecule has 1 aliphatic heterocycles. The third-order valence-electron chi connectivity index (χ3n) is 3.49. The largest absolute Gasteiger partial charge is 0.489 e. The van der Waals surface area contributed by atoms with Gasteiger partial charge in [0.15, 0.2) is 5.75 Å². The molecule has 122 valence electrons. The van der Waals surface area contributed by atoms with E-state index in [9.17, 15) is 18.0 Å². The van der Waals surface area contributed by atoms with Crippen molar-refractivity contribution in [3.63, 3.8) is 0 Å². The minimum absolute atomic E-state index is 0.0165. The Bertz CT molecular complexity index is 771. The number of para-hydroxylation sites is 1. The van der Waals surface area contributed by atoms with E-state index in [0.717, 1.165) is 11.1 Å². The van der Waals surface area contributed by atoms with Crippen LogP contribution in [-0.2, 0) is 6.18 Å².